The van der Waals surface area contributed by atoms with Gasteiger partial charge in [0.05, 0.1) is 6.04 Å². The molecule has 98 valence electrons. The molecule has 1 aromatic carbocycles. The molecule has 3 rings (SSSR count). The van der Waals surface area contributed by atoms with Gasteiger partial charge in [-0.3, -0.25) is 9.69 Å². The van der Waals surface area contributed by atoms with Crippen molar-refractivity contribution in [3.8, 4) is 0 Å². The molecule has 1 aromatic rings. The van der Waals surface area contributed by atoms with Gasteiger partial charge in [0.15, 0.2) is 0 Å². The molecule has 18 heavy (non-hydrogen) atoms. The number of hydrogen-bond donors (Lipinski definition) is 0. The van der Waals surface area contributed by atoms with Gasteiger partial charge in [0.2, 0.25) is 0 Å². The van der Waals surface area contributed by atoms with Crippen molar-refractivity contribution < 1.29 is 4.79 Å². The van der Waals surface area contributed by atoms with E-state index in [0.717, 1.165) is 31.7 Å². The molecule has 1 unspecified atom stereocenters. The Morgan fingerprint density at radius 2 is 1.94 bits per heavy atom. The first kappa shape index (κ1) is 13.1. The predicted octanol–water partition coefficient (Wildman–Crippen LogP) is 2.55. The standard InChI is InChI=1S/C13H16N2O.C2H6/c1-2-14-7-8-15-12(9-14)10-5-3-4-6-11(10)13(15)16;1-2/h3-6,12H,2,7-9H2,1H3;1-2H3. The number of benzene rings is 1. The highest BCUT2D eigenvalue weighted by Gasteiger charge is 2.39. The van der Waals surface area contributed by atoms with E-state index in [1.807, 2.05) is 36.9 Å². The topological polar surface area (TPSA) is 23.6 Å². The molecule has 2 heterocycles. The van der Waals surface area contributed by atoms with Crippen molar-refractivity contribution in [3.05, 3.63) is 35.4 Å². The third-order valence-corrected chi connectivity index (χ3v) is 3.72. The SMILES string of the molecule is CC.CCN1CCN2C(=O)c3ccccc3C2C1. The summed E-state index contributed by atoms with van der Waals surface area (Å²) in [5, 5.41) is 0. The number of piperazine rings is 1. The number of nitrogens with zero attached hydrogens (tertiary/aromatic N) is 2. The average Bonchev–Trinajstić information content (AvgIpc) is 2.75. The minimum Gasteiger partial charge on any atom is -0.329 e. The van der Waals surface area contributed by atoms with Crippen molar-refractivity contribution in [3.63, 3.8) is 0 Å². The fraction of sp³-hybridized carbons (Fsp3) is 0.533. The summed E-state index contributed by atoms with van der Waals surface area (Å²) in [7, 11) is 0. The molecular formula is C15H22N2O. The second-order valence-corrected chi connectivity index (χ2v) is 4.49. The van der Waals surface area contributed by atoms with Crippen LogP contribution in [0.3, 0.4) is 0 Å². The quantitative estimate of drug-likeness (QED) is 0.760. The molecule has 2 aliphatic rings. The van der Waals surface area contributed by atoms with E-state index in [1.165, 1.54) is 5.56 Å². The Bertz CT molecular complexity index is 430. The van der Waals surface area contributed by atoms with E-state index in [1.54, 1.807) is 0 Å². The van der Waals surface area contributed by atoms with Gasteiger partial charge in [-0.25, -0.2) is 0 Å². The number of amides is 1. The lowest BCUT2D eigenvalue weighted by atomic mass is 10.0. The van der Waals surface area contributed by atoms with Crippen LogP contribution in [-0.2, 0) is 0 Å². The highest BCUT2D eigenvalue weighted by Crippen LogP contribution is 2.35. The van der Waals surface area contributed by atoms with E-state index in [0.29, 0.717) is 0 Å². The lowest BCUT2D eigenvalue weighted by molar-refractivity contribution is 0.0535. The zero-order chi connectivity index (χ0) is 13.1. The van der Waals surface area contributed by atoms with Gasteiger partial charge in [-0.05, 0) is 18.2 Å². The lowest BCUT2D eigenvalue weighted by Gasteiger charge is -2.37. The van der Waals surface area contributed by atoms with Gasteiger partial charge >= 0.3 is 0 Å². The van der Waals surface area contributed by atoms with E-state index < -0.39 is 0 Å². The normalized spacial score (nSPS) is 22.1. The molecule has 3 nitrogen and oxygen atoms in total. The molecule has 0 aromatic heterocycles. The molecule has 0 aliphatic carbocycles. The van der Waals surface area contributed by atoms with Gasteiger partial charge in [-0.15, -0.1) is 0 Å². The fourth-order valence-corrected chi connectivity index (χ4v) is 2.77. The summed E-state index contributed by atoms with van der Waals surface area (Å²) >= 11 is 0. The molecule has 0 radical (unpaired) electrons. The molecule has 3 heteroatoms. The van der Waals surface area contributed by atoms with Crippen molar-refractivity contribution in [2.24, 2.45) is 0 Å². The Morgan fingerprint density at radius 3 is 2.67 bits per heavy atom. The largest absolute Gasteiger partial charge is 0.329 e. The Kier molecular flexibility index (Phi) is 4.02. The molecule has 0 saturated carbocycles. The molecule has 1 saturated heterocycles. The van der Waals surface area contributed by atoms with E-state index in [-0.39, 0.29) is 11.9 Å². The van der Waals surface area contributed by atoms with Crippen molar-refractivity contribution >= 4 is 5.91 Å². The minimum absolute atomic E-state index is 0.219. The summed E-state index contributed by atoms with van der Waals surface area (Å²) in [6, 6.07) is 8.31. The Labute approximate surface area is 109 Å². The molecule has 2 aliphatic heterocycles. The van der Waals surface area contributed by atoms with Gasteiger partial charge in [-0.1, -0.05) is 39.0 Å². The summed E-state index contributed by atoms with van der Waals surface area (Å²) in [6.07, 6.45) is 0. The van der Waals surface area contributed by atoms with Crippen LogP contribution >= 0.6 is 0 Å². The smallest absolute Gasteiger partial charge is 0.254 e. The first-order chi connectivity index (χ1) is 8.81. The molecular weight excluding hydrogens is 224 g/mol. The Morgan fingerprint density at radius 1 is 1.22 bits per heavy atom. The summed E-state index contributed by atoms with van der Waals surface area (Å²) in [5.74, 6) is 0.219. The van der Waals surface area contributed by atoms with E-state index >= 15 is 0 Å². The third kappa shape index (κ3) is 2.03. The van der Waals surface area contributed by atoms with Crippen LogP contribution in [0, 0.1) is 0 Å². The van der Waals surface area contributed by atoms with Crippen LogP contribution in [0.4, 0.5) is 0 Å². The van der Waals surface area contributed by atoms with Crippen LogP contribution in [0.2, 0.25) is 0 Å². The fourth-order valence-electron chi connectivity index (χ4n) is 2.77. The number of hydrogen-bond acceptors (Lipinski definition) is 2. The van der Waals surface area contributed by atoms with Gasteiger partial charge in [0, 0.05) is 25.2 Å². The average molecular weight is 246 g/mol. The molecule has 1 amide bonds. The zero-order valence-corrected chi connectivity index (χ0v) is 11.5. The second-order valence-electron chi connectivity index (χ2n) is 4.49. The van der Waals surface area contributed by atoms with E-state index in [4.69, 9.17) is 0 Å². The predicted molar refractivity (Wildman–Crippen MR) is 73.7 cm³/mol. The maximum atomic E-state index is 12.1. The van der Waals surface area contributed by atoms with Gasteiger partial charge in [0.25, 0.3) is 5.91 Å². The van der Waals surface area contributed by atoms with Crippen LogP contribution in [0.15, 0.2) is 24.3 Å². The molecule has 0 spiro atoms. The van der Waals surface area contributed by atoms with Crippen LogP contribution in [0.25, 0.3) is 0 Å². The highest BCUT2D eigenvalue weighted by atomic mass is 16.2. The van der Waals surface area contributed by atoms with Crippen LogP contribution in [0.1, 0.15) is 42.7 Å². The lowest BCUT2D eigenvalue weighted by Crippen LogP contribution is -2.47. The second kappa shape index (κ2) is 5.53. The zero-order valence-electron chi connectivity index (χ0n) is 11.5. The molecule has 0 N–H and O–H groups in total. The maximum absolute atomic E-state index is 12.1. The minimum atomic E-state index is 0.219. The summed E-state index contributed by atoms with van der Waals surface area (Å²) in [5.41, 5.74) is 2.12. The van der Waals surface area contributed by atoms with Crippen molar-refractivity contribution in [1.29, 1.82) is 0 Å². The molecule has 0 bridgehead atoms. The summed E-state index contributed by atoms with van der Waals surface area (Å²) < 4.78 is 0. The summed E-state index contributed by atoms with van der Waals surface area (Å²) in [6.45, 7) is 10.1. The third-order valence-electron chi connectivity index (χ3n) is 3.72. The van der Waals surface area contributed by atoms with E-state index in [2.05, 4.69) is 17.9 Å². The molecule has 1 fully saturated rings. The van der Waals surface area contributed by atoms with Crippen molar-refractivity contribution in [2.75, 3.05) is 26.2 Å². The van der Waals surface area contributed by atoms with Gasteiger partial charge < -0.3 is 4.90 Å². The monoisotopic (exact) mass is 246 g/mol. The van der Waals surface area contributed by atoms with Crippen LogP contribution < -0.4 is 0 Å². The van der Waals surface area contributed by atoms with Crippen LogP contribution in [0.5, 0.6) is 0 Å². The number of likely N-dealkylation sites (N-methyl/N-ethyl adjacent to an activating group) is 1. The van der Waals surface area contributed by atoms with Crippen molar-refractivity contribution in [2.45, 2.75) is 26.8 Å². The number of carbonyl (C=O) groups is 1. The highest BCUT2D eigenvalue weighted by molar-refractivity contribution is 5.99. The Balaban J connectivity index is 0.000000574. The van der Waals surface area contributed by atoms with E-state index in [9.17, 15) is 4.79 Å². The maximum Gasteiger partial charge on any atom is 0.254 e. The first-order valence-corrected chi connectivity index (χ1v) is 6.93. The Hall–Kier alpha value is -1.35. The summed E-state index contributed by atoms with van der Waals surface area (Å²) in [4.78, 5) is 16.6. The number of fused-ring (bicyclic) bond motifs is 3. The molecule has 1 atom stereocenters. The van der Waals surface area contributed by atoms with Crippen molar-refractivity contribution in [1.82, 2.24) is 9.80 Å². The number of rotatable bonds is 1. The van der Waals surface area contributed by atoms with Gasteiger partial charge in [0.1, 0.15) is 0 Å². The number of carbonyl (C=O) groups excluding carboxylic acids is 1. The van der Waals surface area contributed by atoms with Crippen LogP contribution in [-0.4, -0.2) is 41.9 Å². The van der Waals surface area contributed by atoms with Gasteiger partial charge in [-0.2, -0.15) is 0 Å². The first-order valence-electron chi connectivity index (χ1n) is 6.93.